The first kappa shape index (κ1) is 22.9. The molecule has 0 spiro atoms. The average molecular weight is 373 g/mol. The van der Waals surface area contributed by atoms with Crippen LogP contribution in [0.4, 0.5) is 0 Å². The molecule has 7 nitrogen and oxygen atoms in total. The number of likely N-dealkylation sites (N-methyl/N-ethyl adjacent to an activating group) is 1. The number of aliphatic hydroxyl groups excluding tert-OH is 1. The highest BCUT2D eigenvalue weighted by atomic mass is 16.7. The molecule has 0 saturated carbocycles. The molecule has 0 unspecified atom stereocenters. The lowest BCUT2D eigenvalue weighted by Gasteiger charge is -2.39. The average Bonchev–Trinajstić information content (AvgIpc) is 2.63. The molecular weight excluding hydrogens is 338 g/mol. The van der Waals surface area contributed by atoms with Crippen molar-refractivity contribution in [2.24, 2.45) is 17.8 Å². The summed E-state index contributed by atoms with van der Waals surface area (Å²) in [5.41, 5.74) is 0. The lowest BCUT2D eigenvalue weighted by atomic mass is 9.78. The number of rotatable bonds is 11. The van der Waals surface area contributed by atoms with E-state index in [1.807, 2.05) is 13.0 Å². The number of allylic oxidation sites excluding steroid dienone is 1. The molecule has 0 radical (unpaired) electrons. The Morgan fingerprint density at radius 1 is 1.35 bits per heavy atom. The maximum atomic E-state index is 12.8. The molecule has 1 heterocycles. The van der Waals surface area contributed by atoms with Crippen LogP contribution < -0.4 is 0 Å². The monoisotopic (exact) mass is 373 g/mol. The van der Waals surface area contributed by atoms with Gasteiger partial charge in [-0.05, 0) is 37.7 Å². The van der Waals surface area contributed by atoms with Gasteiger partial charge in [-0.25, -0.2) is 0 Å². The SMILES string of the molecule is CCO[C@H]1OC(C(=O)N(C)CC(OC)OC)=C[C@@H](C(C)C)[C@H]1CCCO. The number of carbonyl (C=O) groups excluding carboxylic acids is 1. The Hall–Kier alpha value is -1.15. The van der Waals surface area contributed by atoms with Gasteiger partial charge in [0.25, 0.3) is 5.91 Å². The largest absolute Gasteiger partial charge is 0.459 e. The number of nitrogens with zero attached hydrogens (tertiary/aromatic N) is 1. The van der Waals surface area contributed by atoms with E-state index in [4.69, 9.17) is 18.9 Å². The summed E-state index contributed by atoms with van der Waals surface area (Å²) in [5, 5.41) is 9.20. The molecule has 1 N–H and O–H groups in total. The molecule has 1 aliphatic rings. The number of amides is 1. The number of ether oxygens (including phenoxy) is 4. The second-order valence-electron chi connectivity index (χ2n) is 6.91. The van der Waals surface area contributed by atoms with Gasteiger partial charge < -0.3 is 29.0 Å². The topological polar surface area (TPSA) is 77.5 Å². The Morgan fingerprint density at radius 3 is 2.50 bits per heavy atom. The van der Waals surface area contributed by atoms with Crippen LogP contribution in [0.5, 0.6) is 0 Å². The van der Waals surface area contributed by atoms with Crippen molar-refractivity contribution < 1.29 is 28.8 Å². The van der Waals surface area contributed by atoms with Crippen molar-refractivity contribution in [1.29, 1.82) is 0 Å². The molecule has 0 bridgehead atoms. The van der Waals surface area contributed by atoms with Gasteiger partial charge in [-0.3, -0.25) is 4.79 Å². The van der Waals surface area contributed by atoms with Gasteiger partial charge in [0.1, 0.15) is 0 Å². The van der Waals surface area contributed by atoms with E-state index in [1.54, 1.807) is 7.05 Å². The normalized spacial score (nSPS) is 23.1. The Morgan fingerprint density at radius 2 is 2.00 bits per heavy atom. The predicted molar refractivity (Wildman–Crippen MR) is 98.2 cm³/mol. The van der Waals surface area contributed by atoms with Gasteiger partial charge >= 0.3 is 0 Å². The first-order valence-electron chi connectivity index (χ1n) is 9.31. The molecule has 152 valence electrons. The molecule has 0 aromatic rings. The van der Waals surface area contributed by atoms with Crippen LogP contribution in [0, 0.1) is 17.8 Å². The number of methoxy groups -OCH3 is 2. The summed E-state index contributed by atoms with van der Waals surface area (Å²) >= 11 is 0. The standard InChI is InChI=1S/C19H35NO6/c1-7-25-19-14(9-8-10-21)15(13(2)3)11-16(26-19)18(22)20(4)12-17(23-5)24-6/h11,13-15,17,19,21H,7-10,12H2,1-6H3/t14-,15+,19+/m1/s1. The summed E-state index contributed by atoms with van der Waals surface area (Å²) in [6.07, 6.45) is 2.40. The maximum Gasteiger partial charge on any atom is 0.288 e. The molecule has 0 fully saturated rings. The van der Waals surface area contributed by atoms with Crippen molar-refractivity contribution in [3.63, 3.8) is 0 Å². The minimum Gasteiger partial charge on any atom is -0.459 e. The Labute approximate surface area is 157 Å². The lowest BCUT2D eigenvalue weighted by Crippen LogP contribution is -2.43. The molecule has 1 amide bonds. The van der Waals surface area contributed by atoms with Crippen molar-refractivity contribution in [2.45, 2.75) is 46.2 Å². The maximum absolute atomic E-state index is 12.8. The fourth-order valence-electron chi connectivity index (χ4n) is 3.26. The van der Waals surface area contributed by atoms with Crippen molar-refractivity contribution in [1.82, 2.24) is 4.90 Å². The Bertz CT molecular complexity index is 449. The third-order valence-corrected chi connectivity index (χ3v) is 4.73. The van der Waals surface area contributed by atoms with Crippen molar-refractivity contribution in [3.8, 4) is 0 Å². The van der Waals surface area contributed by atoms with Crippen LogP contribution in [-0.2, 0) is 23.7 Å². The first-order valence-corrected chi connectivity index (χ1v) is 9.31. The highest BCUT2D eigenvalue weighted by molar-refractivity contribution is 5.91. The number of hydrogen-bond acceptors (Lipinski definition) is 6. The van der Waals surface area contributed by atoms with Crippen molar-refractivity contribution >= 4 is 5.91 Å². The van der Waals surface area contributed by atoms with Crippen LogP contribution in [0.25, 0.3) is 0 Å². The summed E-state index contributed by atoms with van der Waals surface area (Å²) in [4.78, 5) is 14.4. The van der Waals surface area contributed by atoms with E-state index in [0.29, 0.717) is 31.2 Å². The quantitative estimate of drug-likeness (QED) is 0.558. The molecule has 1 aliphatic heterocycles. The number of carbonyl (C=O) groups is 1. The van der Waals surface area contributed by atoms with Crippen molar-refractivity contribution in [2.75, 3.05) is 41.0 Å². The third kappa shape index (κ3) is 6.23. The van der Waals surface area contributed by atoms with Gasteiger partial charge in [-0.1, -0.05) is 13.8 Å². The third-order valence-electron chi connectivity index (χ3n) is 4.73. The smallest absolute Gasteiger partial charge is 0.288 e. The van der Waals surface area contributed by atoms with Gasteiger partial charge in [-0.2, -0.15) is 0 Å². The van der Waals surface area contributed by atoms with E-state index in [-0.39, 0.29) is 24.3 Å². The predicted octanol–water partition coefficient (Wildman–Crippen LogP) is 2.00. The van der Waals surface area contributed by atoms with Gasteiger partial charge in [0.05, 0.1) is 6.54 Å². The molecule has 0 aromatic carbocycles. The van der Waals surface area contributed by atoms with Crippen LogP contribution in [0.15, 0.2) is 11.8 Å². The van der Waals surface area contributed by atoms with Gasteiger partial charge in [0.2, 0.25) is 6.29 Å². The van der Waals surface area contributed by atoms with E-state index in [0.717, 1.165) is 6.42 Å². The van der Waals surface area contributed by atoms with E-state index < -0.39 is 12.6 Å². The second kappa shape index (κ2) is 11.5. The molecule has 26 heavy (non-hydrogen) atoms. The molecule has 3 atom stereocenters. The lowest BCUT2D eigenvalue weighted by molar-refractivity contribution is -0.180. The fraction of sp³-hybridized carbons (Fsp3) is 0.842. The Kier molecular flexibility index (Phi) is 10.2. The fourth-order valence-corrected chi connectivity index (χ4v) is 3.26. The van der Waals surface area contributed by atoms with Gasteiger partial charge in [-0.15, -0.1) is 0 Å². The minimum absolute atomic E-state index is 0.106. The van der Waals surface area contributed by atoms with Gasteiger partial charge in [0, 0.05) is 40.4 Å². The number of aliphatic hydroxyl groups is 1. The van der Waals surface area contributed by atoms with Gasteiger partial charge in [0.15, 0.2) is 12.0 Å². The van der Waals surface area contributed by atoms with E-state index in [1.165, 1.54) is 19.1 Å². The highest BCUT2D eigenvalue weighted by Crippen LogP contribution is 2.37. The summed E-state index contributed by atoms with van der Waals surface area (Å²) in [6.45, 7) is 7.08. The minimum atomic E-state index is -0.492. The van der Waals surface area contributed by atoms with E-state index >= 15 is 0 Å². The van der Waals surface area contributed by atoms with Crippen LogP contribution >= 0.6 is 0 Å². The first-order chi connectivity index (χ1) is 12.4. The summed E-state index contributed by atoms with van der Waals surface area (Å²) < 4.78 is 22.1. The zero-order valence-corrected chi connectivity index (χ0v) is 16.9. The zero-order valence-electron chi connectivity index (χ0n) is 16.9. The highest BCUT2D eigenvalue weighted by Gasteiger charge is 2.39. The Balaban J connectivity index is 3.00. The summed E-state index contributed by atoms with van der Waals surface area (Å²) in [5.74, 6) is 0.648. The van der Waals surface area contributed by atoms with Crippen LogP contribution in [0.2, 0.25) is 0 Å². The summed E-state index contributed by atoms with van der Waals surface area (Å²) in [7, 11) is 4.76. The van der Waals surface area contributed by atoms with Crippen molar-refractivity contribution in [3.05, 3.63) is 11.8 Å². The molecular formula is C19H35NO6. The molecule has 0 saturated heterocycles. The molecule has 1 rings (SSSR count). The van der Waals surface area contributed by atoms with Crippen LogP contribution in [0.3, 0.4) is 0 Å². The summed E-state index contributed by atoms with van der Waals surface area (Å²) in [6, 6.07) is 0. The van der Waals surface area contributed by atoms with E-state index in [2.05, 4.69) is 13.8 Å². The van der Waals surface area contributed by atoms with Crippen LogP contribution in [-0.4, -0.2) is 69.5 Å². The van der Waals surface area contributed by atoms with E-state index in [9.17, 15) is 9.90 Å². The number of hydrogen-bond donors (Lipinski definition) is 1. The second-order valence-corrected chi connectivity index (χ2v) is 6.91. The molecule has 0 aromatic heterocycles. The zero-order chi connectivity index (χ0) is 19.7. The molecule has 7 heteroatoms. The van der Waals surface area contributed by atoms with Crippen LogP contribution in [0.1, 0.15) is 33.6 Å². The molecule has 0 aliphatic carbocycles.